The molecule has 90 valence electrons. The summed E-state index contributed by atoms with van der Waals surface area (Å²) in [5, 5.41) is 2.56. The van der Waals surface area contributed by atoms with Gasteiger partial charge in [-0.3, -0.25) is 4.79 Å². The van der Waals surface area contributed by atoms with Crippen LogP contribution in [0.5, 0.6) is 0 Å². The first kappa shape index (κ1) is 13.0. The Kier molecular flexibility index (Phi) is 4.94. The van der Waals surface area contributed by atoms with E-state index in [9.17, 15) is 9.59 Å². The van der Waals surface area contributed by atoms with Crippen molar-refractivity contribution < 1.29 is 14.3 Å². The molecular weight excluding hydrogens is 218 g/mol. The molecule has 1 atom stereocenters. The van der Waals surface area contributed by atoms with Gasteiger partial charge in [-0.2, -0.15) is 0 Å². The molecule has 0 saturated carbocycles. The van der Waals surface area contributed by atoms with Gasteiger partial charge in [0.25, 0.3) is 5.91 Å². The molecule has 0 aliphatic rings. The number of amides is 1. The van der Waals surface area contributed by atoms with Crippen LogP contribution < -0.4 is 5.32 Å². The largest absolute Gasteiger partial charge is 0.460 e. The van der Waals surface area contributed by atoms with E-state index in [1.807, 2.05) is 6.07 Å². The van der Waals surface area contributed by atoms with Crippen molar-refractivity contribution in [3.8, 4) is 0 Å². The van der Waals surface area contributed by atoms with Gasteiger partial charge < -0.3 is 10.1 Å². The number of carbonyl (C=O) groups excluding carboxylic acids is 2. The van der Waals surface area contributed by atoms with E-state index in [2.05, 4.69) is 11.9 Å². The Morgan fingerprint density at radius 3 is 2.65 bits per heavy atom. The van der Waals surface area contributed by atoms with Crippen LogP contribution in [0.25, 0.3) is 0 Å². The molecule has 0 aromatic heterocycles. The Balaban J connectivity index is 2.51. The lowest BCUT2D eigenvalue weighted by molar-refractivity contribution is -0.144. The van der Waals surface area contributed by atoms with Gasteiger partial charge in [0.1, 0.15) is 12.6 Å². The summed E-state index contributed by atoms with van der Waals surface area (Å²) < 4.78 is 4.82. The van der Waals surface area contributed by atoms with E-state index in [1.54, 1.807) is 31.2 Å². The zero-order valence-electron chi connectivity index (χ0n) is 9.68. The van der Waals surface area contributed by atoms with Crippen LogP contribution in [0.2, 0.25) is 0 Å². The normalized spacial score (nSPS) is 11.4. The number of esters is 1. The summed E-state index contributed by atoms with van der Waals surface area (Å²) in [6.45, 7) is 5.15. The highest BCUT2D eigenvalue weighted by atomic mass is 16.5. The van der Waals surface area contributed by atoms with E-state index >= 15 is 0 Å². The number of benzene rings is 1. The molecule has 4 nitrogen and oxygen atoms in total. The third-order valence-corrected chi connectivity index (χ3v) is 2.08. The molecule has 0 radical (unpaired) electrons. The van der Waals surface area contributed by atoms with Crippen LogP contribution in [-0.4, -0.2) is 24.5 Å². The molecule has 0 bridgehead atoms. The fraction of sp³-hybridized carbons (Fsp3) is 0.231. The fourth-order valence-electron chi connectivity index (χ4n) is 1.19. The predicted octanol–water partition coefficient (Wildman–Crippen LogP) is 1.53. The van der Waals surface area contributed by atoms with Gasteiger partial charge >= 0.3 is 5.97 Å². The standard InChI is InChI=1S/C13H15NO3/c1-3-9-17-13(16)10(2)14-12(15)11-7-5-4-6-8-11/h3-8,10H,1,9H2,2H3,(H,14,15)/t10-/m0/s1. The summed E-state index contributed by atoms with van der Waals surface area (Å²) in [6, 6.07) is 8.01. The first-order valence-corrected chi connectivity index (χ1v) is 5.28. The minimum atomic E-state index is -0.678. The molecule has 0 saturated heterocycles. The smallest absolute Gasteiger partial charge is 0.328 e. The minimum absolute atomic E-state index is 0.143. The lowest BCUT2D eigenvalue weighted by atomic mass is 10.2. The number of carbonyl (C=O) groups is 2. The Morgan fingerprint density at radius 1 is 1.41 bits per heavy atom. The second-order valence-electron chi connectivity index (χ2n) is 3.48. The second kappa shape index (κ2) is 6.48. The first-order valence-electron chi connectivity index (χ1n) is 5.28. The summed E-state index contributed by atoms with van der Waals surface area (Å²) in [7, 11) is 0. The van der Waals surface area contributed by atoms with Crippen molar-refractivity contribution in [1.29, 1.82) is 0 Å². The van der Waals surface area contributed by atoms with Gasteiger partial charge in [-0.1, -0.05) is 30.9 Å². The summed E-state index contributed by atoms with van der Waals surface area (Å²) in [6.07, 6.45) is 1.48. The topological polar surface area (TPSA) is 55.4 Å². The molecule has 0 unspecified atom stereocenters. The Hall–Kier alpha value is -2.10. The van der Waals surface area contributed by atoms with Crippen molar-refractivity contribution in [1.82, 2.24) is 5.32 Å². The van der Waals surface area contributed by atoms with Crippen LogP contribution in [-0.2, 0) is 9.53 Å². The summed E-state index contributed by atoms with van der Waals surface area (Å²) in [4.78, 5) is 23.1. The molecule has 0 aliphatic carbocycles. The van der Waals surface area contributed by atoms with Crippen LogP contribution in [0.3, 0.4) is 0 Å². The Bertz CT molecular complexity index is 400. The maximum Gasteiger partial charge on any atom is 0.328 e. The highest BCUT2D eigenvalue weighted by Crippen LogP contribution is 1.99. The third kappa shape index (κ3) is 4.10. The lowest BCUT2D eigenvalue weighted by Crippen LogP contribution is -2.39. The number of rotatable bonds is 5. The average molecular weight is 233 g/mol. The molecule has 0 heterocycles. The van der Waals surface area contributed by atoms with Crippen LogP contribution in [0.15, 0.2) is 43.0 Å². The number of hydrogen-bond donors (Lipinski definition) is 1. The molecule has 1 N–H and O–H groups in total. The van der Waals surface area contributed by atoms with Crippen LogP contribution in [0.4, 0.5) is 0 Å². The maximum atomic E-state index is 11.7. The van der Waals surface area contributed by atoms with Crippen molar-refractivity contribution in [2.24, 2.45) is 0 Å². The Labute approximate surface area is 100 Å². The Morgan fingerprint density at radius 2 is 2.06 bits per heavy atom. The third-order valence-electron chi connectivity index (χ3n) is 2.08. The van der Waals surface area contributed by atoms with E-state index in [-0.39, 0.29) is 12.5 Å². The van der Waals surface area contributed by atoms with Gasteiger partial charge in [-0.15, -0.1) is 0 Å². The van der Waals surface area contributed by atoms with Crippen molar-refractivity contribution in [2.75, 3.05) is 6.61 Å². The van der Waals surface area contributed by atoms with Gasteiger partial charge in [0.05, 0.1) is 0 Å². The highest BCUT2D eigenvalue weighted by molar-refractivity contribution is 5.96. The quantitative estimate of drug-likeness (QED) is 0.620. The SMILES string of the molecule is C=CCOC(=O)[C@H](C)NC(=O)c1ccccc1. The molecule has 0 fully saturated rings. The highest BCUT2D eigenvalue weighted by Gasteiger charge is 2.17. The molecule has 1 aromatic rings. The number of nitrogens with one attached hydrogen (secondary N) is 1. The lowest BCUT2D eigenvalue weighted by Gasteiger charge is -2.12. The van der Waals surface area contributed by atoms with E-state index in [0.29, 0.717) is 5.56 Å². The van der Waals surface area contributed by atoms with Crippen molar-refractivity contribution in [3.05, 3.63) is 48.6 Å². The summed E-state index contributed by atoms with van der Waals surface area (Å²) >= 11 is 0. The molecule has 0 spiro atoms. The molecule has 17 heavy (non-hydrogen) atoms. The van der Waals surface area contributed by atoms with Crippen molar-refractivity contribution in [3.63, 3.8) is 0 Å². The van der Waals surface area contributed by atoms with E-state index < -0.39 is 12.0 Å². The monoisotopic (exact) mass is 233 g/mol. The second-order valence-corrected chi connectivity index (χ2v) is 3.48. The van der Waals surface area contributed by atoms with Gasteiger partial charge in [-0.05, 0) is 19.1 Å². The minimum Gasteiger partial charge on any atom is -0.460 e. The van der Waals surface area contributed by atoms with Crippen molar-refractivity contribution >= 4 is 11.9 Å². The molecule has 1 amide bonds. The molecule has 0 aliphatic heterocycles. The van der Waals surface area contributed by atoms with Crippen LogP contribution in [0, 0.1) is 0 Å². The predicted molar refractivity (Wildman–Crippen MR) is 64.5 cm³/mol. The van der Waals surface area contributed by atoms with E-state index in [0.717, 1.165) is 0 Å². The molecule has 1 aromatic carbocycles. The van der Waals surface area contributed by atoms with Crippen LogP contribution >= 0.6 is 0 Å². The first-order chi connectivity index (χ1) is 8.15. The zero-order chi connectivity index (χ0) is 12.7. The maximum absolute atomic E-state index is 11.7. The van der Waals surface area contributed by atoms with Gasteiger partial charge in [0.15, 0.2) is 0 Å². The zero-order valence-corrected chi connectivity index (χ0v) is 9.68. The van der Waals surface area contributed by atoms with Gasteiger partial charge in [0.2, 0.25) is 0 Å². The van der Waals surface area contributed by atoms with E-state index in [4.69, 9.17) is 4.74 Å². The van der Waals surface area contributed by atoms with Crippen molar-refractivity contribution in [2.45, 2.75) is 13.0 Å². The summed E-state index contributed by atoms with van der Waals surface area (Å²) in [5.74, 6) is -0.775. The average Bonchev–Trinajstić information content (AvgIpc) is 2.36. The fourth-order valence-corrected chi connectivity index (χ4v) is 1.19. The van der Waals surface area contributed by atoms with Crippen LogP contribution in [0.1, 0.15) is 17.3 Å². The molecule has 1 rings (SSSR count). The van der Waals surface area contributed by atoms with E-state index in [1.165, 1.54) is 6.08 Å². The number of ether oxygens (including phenoxy) is 1. The number of hydrogen-bond acceptors (Lipinski definition) is 3. The van der Waals surface area contributed by atoms with Gasteiger partial charge in [0, 0.05) is 5.56 Å². The van der Waals surface area contributed by atoms with Gasteiger partial charge in [-0.25, -0.2) is 4.79 Å². The summed E-state index contributed by atoms with van der Waals surface area (Å²) in [5.41, 5.74) is 0.510. The molecular formula is C13H15NO3. The molecule has 4 heteroatoms.